The molecule has 96 valence electrons. The first kappa shape index (κ1) is 13.4. The quantitative estimate of drug-likeness (QED) is 0.478. The molecule has 0 saturated heterocycles. The van der Waals surface area contributed by atoms with Crippen LogP contribution < -0.4 is 4.74 Å². The van der Waals surface area contributed by atoms with E-state index < -0.39 is 5.24 Å². The number of benzene rings is 2. The molecule has 3 heteroatoms. The highest BCUT2D eigenvalue weighted by Gasteiger charge is 2.08. The molecule has 0 spiro atoms. The largest absolute Gasteiger partial charge is 0.497 e. The predicted octanol–water partition coefficient (Wildman–Crippen LogP) is 4.00. The lowest BCUT2D eigenvalue weighted by Crippen LogP contribution is -1.93. The molecule has 0 radical (unpaired) electrons. The molecule has 0 amide bonds. The third-order valence-electron chi connectivity index (χ3n) is 2.72. The summed E-state index contributed by atoms with van der Waals surface area (Å²) in [5.41, 5.74) is 2.18. The third-order valence-corrected chi connectivity index (χ3v) is 2.93. The molecule has 0 unspecified atom stereocenters. The van der Waals surface area contributed by atoms with Crippen LogP contribution in [0.5, 0.6) is 5.75 Å². The molecule has 0 saturated carbocycles. The molecule has 0 N–H and O–H groups in total. The first-order valence-electron chi connectivity index (χ1n) is 5.81. The van der Waals surface area contributed by atoms with Crippen LogP contribution in [-0.2, 0) is 4.79 Å². The first-order chi connectivity index (χ1) is 9.20. The van der Waals surface area contributed by atoms with Gasteiger partial charge in [-0.05, 0) is 40.9 Å². The van der Waals surface area contributed by atoms with Crippen LogP contribution in [0.3, 0.4) is 0 Å². The monoisotopic (exact) mass is 272 g/mol. The van der Waals surface area contributed by atoms with Gasteiger partial charge in [-0.1, -0.05) is 42.5 Å². The van der Waals surface area contributed by atoms with Crippen molar-refractivity contribution >= 4 is 28.5 Å². The van der Waals surface area contributed by atoms with Gasteiger partial charge in [0.2, 0.25) is 0 Å². The maximum Gasteiger partial charge on any atom is 0.253 e. The number of allylic oxidation sites excluding steroid dienone is 1. The van der Waals surface area contributed by atoms with Gasteiger partial charge >= 0.3 is 0 Å². The van der Waals surface area contributed by atoms with Crippen molar-refractivity contribution in [2.75, 3.05) is 7.11 Å². The number of carbonyl (C=O) groups is 1. The Morgan fingerprint density at radius 3 is 2.21 bits per heavy atom. The summed E-state index contributed by atoms with van der Waals surface area (Å²) in [5, 5.41) is -0.470. The van der Waals surface area contributed by atoms with E-state index in [0.717, 1.165) is 16.9 Å². The van der Waals surface area contributed by atoms with Gasteiger partial charge in [-0.3, -0.25) is 4.79 Å². The van der Waals surface area contributed by atoms with Crippen molar-refractivity contribution in [1.29, 1.82) is 0 Å². The second-order valence-corrected chi connectivity index (χ2v) is 4.31. The number of hydrogen-bond donors (Lipinski definition) is 0. The van der Waals surface area contributed by atoms with E-state index in [4.69, 9.17) is 16.3 Å². The lowest BCUT2D eigenvalue weighted by atomic mass is 10.0. The molecule has 0 aliphatic rings. The van der Waals surface area contributed by atoms with E-state index in [1.165, 1.54) is 0 Å². The van der Waals surface area contributed by atoms with Crippen molar-refractivity contribution in [3.05, 3.63) is 65.7 Å². The number of ether oxygens (including phenoxy) is 1. The van der Waals surface area contributed by atoms with Crippen molar-refractivity contribution in [3.63, 3.8) is 0 Å². The van der Waals surface area contributed by atoms with Crippen molar-refractivity contribution < 1.29 is 9.53 Å². The number of methoxy groups -OCH3 is 1. The molecular formula is C16H13ClO2. The third kappa shape index (κ3) is 3.46. The Morgan fingerprint density at radius 2 is 1.68 bits per heavy atom. The highest BCUT2D eigenvalue weighted by Crippen LogP contribution is 2.22. The van der Waals surface area contributed by atoms with Gasteiger partial charge in [0.25, 0.3) is 5.24 Å². The van der Waals surface area contributed by atoms with Gasteiger partial charge in [0, 0.05) is 5.57 Å². The Hall–Kier alpha value is -2.06. The van der Waals surface area contributed by atoms with Crippen molar-refractivity contribution in [1.82, 2.24) is 0 Å². The zero-order valence-electron chi connectivity index (χ0n) is 10.5. The molecule has 19 heavy (non-hydrogen) atoms. The zero-order chi connectivity index (χ0) is 13.7. The standard InChI is InChI=1S/C16H13ClO2/c1-19-14-9-7-12(8-10-14)11-15(16(17)18)13-5-3-2-4-6-13/h2-11H,1H3/b15-11-. The SMILES string of the molecule is COc1ccc(/C=C(\C(=O)Cl)c2ccccc2)cc1. The summed E-state index contributed by atoms with van der Waals surface area (Å²) >= 11 is 5.65. The fourth-order valence-corrected chi connectivity index (χ4v) is 1.90. The Kier molecular flexibility index (Phi) is 4.37. The van der Waals surface area contributed by atoms with Crippen LogP contribution in [0.15, 0.2) is 54.6 Å². The smallest absolute Gasteiger partial charge is 0.253 e. The van der Waals surface area contributed by atoms with Crippen molar-refractivity contribution in [2.45, 2.75) is 0 Å². The molecule has 0 heterocycles. The molecule has 0 bridgehead atoms. The van der Waals surface area contributed by atoms with E-state index >= 15 is 0 Å². The molecule has 0 fully saturated rings. The van der Waals surface area contributed by atoms with E-state index in [1.807, 2.05) is 54.6 Å². The van der Waals surface area contributed by atoms with Gasteiger partial charge in [0.15, 0.2) is 0 Å². The van der Waals surface area contributed by atoms with E-state index in [-0.39, 0.29) is 0 Å². The van der Waals surface area contributed by atoms with Crippen LogP contribution in [0.25, 0.3) is 11.6 Å². The molecule has 0 aromatic heterocycles. The summed E-state index contributed by atoms with van der Waals surface area (Å²) in [6.07, 6.45) is 1.77. The van der Waals surface area contributed by atoms with Crippen LogP contribution in [0.2, 0.25) is 0 Å². The molecule has 0 atom stereocenters. The second-order valence-electron chi connectivity index (χ2n) is 3.97. The van der Waals surface area contributed by atoms with E-state index in [9.17, 15) is 4.79 Å². The van der Waals surface area contributed by atoms with Gasteiger partial charge < -0.3 is 4.74 Å². The molecule has 2 rings (SSSR count). The normalized spacial score (nSPS) is 11.2. The number of halogens is 1. The lowest BCUT2D eigenvalue weighted by molar-refractivity contribution is -0.106. The van der Waals surface area contributed by atoms with Crippen LogP contribution in [-0.4, -0.2) is 12.4 Å². The number of carbonyl (C=O) groups excluding carboxylic acids is 1. The average molecular weight is 273 g/mol. The van der Waals surface area contributed by atoms with Gasteiger partial charge in [0.1, 0.15) is 5.75 Å². The van der Waals surface area contributed by atoms with Gasteiger partial charge in [0.05, 0.1) is 7.11 Å². The second kappa shape index (κ2) is 6.21. The Balaban J connectivity index is 2.38. The van der Waals surface area contributed by atoms with Crippen molar-refractivity contribution in [3.8, 4) is 5.75 Å². The van der Waals surface area contributed by atoms with Gasteiger partial charge in [-0.25, -0.2) is 0 Å². The summed E-state index contributed by atoms with van der Waals surface area (Å²) in [5.74, 6) is 0.774. The fourth-order valence-electron chi connectivity index (χ4n) is 1.74. The molecule has 2 aromatic carbocycles. The molecule has 0 aliphatic carbocycles. The maximum absolute atomic E-state index is 11.5. The maximum atomic E-state index is 11.5. The summed E-state index contributed by atoms with van der Waals surface area (Å²) in [6.45, 7) is 0. The number of hydrogen-bond acceptors (Lipinski definition) is 2. The summed E-state index contributed by atoms with van der Waals surface area (Å²) in [4.78, 5) is 11.5. The van der Waals surface area contributed by atoms with E-state index in [2.05, 4.69) is 0 Å². The minimum Gasteiger partial charge on any atom is -0.497 e. The average Bonchev–Trinajstić information content (AvgIpc) is 2.46. The lowest BCUT2D eigenvalue weighted by Gasteiger charge is -2.04. The van der Waals surface area contributed by atoms with Gasteiger partial charge in [-0.15, -0.1) is 0 Å². The molecule has 2 aromatic rings. The molecular weight excluding hydrogens is 260 g/mol. The van der Waals surface area contributed by atoms with Crippen LogP contribution in [0.1, 0.15) is 11.1 Å². The zero-order valence-corrected chi connectivity index (χ0v) is 11.2. The summed E-state index contributed by atoms with van der Waals surface area (Å²) < 4.78 is 5.09. The number of rotatable bonds is 4. The summed E-state index contributed by atoms with van der Waals surface area (Å²) in [7, 11) is 1.61. The van der Waals surface area contributed by atoms with Crippen LogP contribution >= 0.6 is 11.6 Å². The van der Waals surface area contributed by atoms with E-state index in [0.29, 0.717) is 5.57 Å². The highest BCUT2D eigenvalue weighted by atomic mass is 35.5. The minimum atomic E-state index is -0.470. The highest BCUT2D eigenvalue weighted by molar-refractivity contribution is 6.75. The molecule has 0 aliphatic heterocycles. The van der Waals surface area contributed by atoms with Gasteiger partial charge in [-0.2, -0.15) is 0 Å². The Labute approximate surface area is 117 Å². The van der Waals surface area contributed by atoms with Crippen LogP contribution in [0, 0.1) is 0 Å². The predicted molar refractivity (Wildman–Crippen MR) is 78.2 cm³/mol. The topological polar surface area (TPSA) is 26.3 Å². The Morgan fingerprint density at radius 1 is 1.05 bits per heavy atom. The fraction of sp³-hybridized carbons (Fsp3) is 0.0625. The Bertz CT molecular complexity index is 586. The van der Waals surface area contributed by atoms with Crippen LogP contribution in [0.4, 0.5) is 0 Å². The summed E-state index contributed by atoms with van der Waals surface area (Å²) in [6, 6.07) is 16.8. The molecule has 2 nitrogen and oxygen atoms in total. The first-order valence-corrected chi connectivity index (χ1v) is 6.19. The van der Waals surface area contributed by atoms with Crippen molar-refractivity contribution in [2.24, 2.45) is 0 Å². The van der Waals surface area contributed by atoms with E-state index in [1.54, 1.807) is 13.2 Å². The minimum absolute atomic E-state index is 0.470.